The Bertz CT molecular complexity index is 301. The van der Waals surface area contributed by atoms with Gasteiger partial charge in [0.05, 0.1) is 24.5 Å². The summed E-state index contributed by atoms with van der Waals surface area (Å²) in [5.74, 6) is -1.81. The van der Waals surface area contributed by atoms with Crippen molar-refractivity contribution in [3.8, 4) is 0 Å². The number of aliphatic hydroxyl groups excluding tert-OH is 1. The van der Waals surface area contributed by atoms with E-state index >= 15 is 0 Å². The first-order valence-electron chi connectivity index (χ1n) is 6.63. The van der Waals surface area contributed by atoms with Crippen LogP contribution in [-0.4, -0.2) is 34.7 Å². The third kappa shape index (κ3) is 3.70. The highest BCUT2D eigenvalue weighted by Crippen LogP contribution is 2.34. The molecule has 4 atom stereocenters. The van der Waals surface area contributed by atoms with Gasteiger partial charge in [-0.05, 0) is 31.6 Å². The highest BCUT2D eigenvalue weighted by Gasteiger charge is 2.38. The summed E-state index contributed by atoms with van der Waals surface area (Å²) in [5.41, 5.74) is 0. The lowest BCUT2D eigenvalue weighted by Gasteiger charge is -2.32. The number of rotatable bonds is 5. The number of aliphatic hydroxyl groups is 1. The Morgan fingerprint density at radius 3 is 2.50 bits per heavy atom. The van der Waals surface area contributed by atoms with E-state index in [9.17, 15) is 14.7 Å². The predicted octanol–water partition coefficient (Wildman–Crippen LogP) is 1.01. The van der Waals surface area contributed by atoms with Crippen LogP contribution in [0.5, 0.6) is 0 Å². The first-order chi connectivity index (χ1) is 8.49. The summed E-state index contributed by atoms with van der Waals surface area (Å²) in [6.45, 7) is 3.79. The van der Waals surface area contributed by atoms with Gasteiger partial charge in [0.2, 0.25) is 5.91 Å². The van der Waals surface area contributed by atoms with Crippen molar-refractivity contribution in [3.05, 3.63) is 0 Å². The van der Waals surface area contributed by atoms with Crippen LogP contribution in [0.25, 0.3) is 0 Å². The molecule has 0 radical (unpaired) electrons. The number of hydrogen-bond acceptors (Lipinski definition) is 3. The Hall–Kier alpha value is -1.10. The Labute approximate surface area is 108 Å². The molecule has 0 saturated heterocycles. The summed E-state index contributed by atoms with van der Waals surface area (Å²) in [6, 6.07) is -0.272. The summed E-state index contributed by atoms with van der Waals surface area (Å²) in [4.78, 5) is 23.3. The molecule has 1 rings (SSSR count). The van der Waals surface area contributed by atoms with Crippen LogP contribution in [0.3, 0.4) is 0 Å². The van der Waals surface area contributed by atoms with Gasteiger partial charge in [0.1, 0.15) is 0 Å². The van der Waals surface area contributed by atoms with Gasteiger partial charge in [-0.3, -0.25) is 9.59 Å². The fraction of sp³-hybridized carbons (Fsp3) is 0.846. The minimum atomic E-state index is -0.890. The van der Waals surface area contributed by atoms with Gasteiger partial charge >= 0.3 is 5.97 Å². The van der Waals surface area contributed by atoms with Gasteiger partial charge in [-0.1, -0.05) is 13.8 Å². The highest BCUT2D eigenvalue weighted by atomic mass is 16.4. The maximum Gasteiger partial charge on any atom is 0.307 e. The zero-order chi connectivity index (χ0) is 13.7. The van der Waals surface area contributed by atoms with E-state index in [1.165, 1.54) is 0 Å². The molecule has 0 aromatic heterocycles. The standard InChI is InChI=1S/C13H23NO4/c1-3-9(7-15)14-12(16)10-5-4-8(2)6-11(10)13(17)18/h8-11,15H,3-7H2,1-2H3,(H,14,16)(H,17,18)/t8?,9-,10?,11?/m1/s1. The highest BCUT2D eigenvalue weighted by molar-refractivity contribution is 5.85. The first-order valence-corrected chi connectivity index (χ1v) is 6.63. The Kier molecular flexibility index (Phi) is 5.59. The van der Waals surface area contributed by atoms with Crippen LogP contribution < -0.4 is 5.32 Å². The fourth-order valence-corrected chi connectivity index (χ4v) is 2.55. The van der Waals surface area contributed by atoms with Gasteiger partial charge in [-0.15, -0.1) is 0 Å². The normalized spacial score (nSPS) is 29.6. The van der Waals surface area contributed by atoms with Crippen LogP contribution in [0.1, 0.15) is 39.5 Å². The maximum atomic E-state index is 12.1. The number of hydrogen-bond donors (Lipinski definition) is 3. The molecule has 5 heteroatoms. The van der Waals surface area contributed by atoms with Gasteiger partial charge in [-0.25, -0.2) is 0 Å². The molecule has 3 unspecified atom stereocenters. The van der Waals surface area contributed by atoms with E-state index in [2.05, 4.69) is 5.32 Å². The number of carbonyl (C=O) groups is 2. The maximum absolute atomic E-state index is 12.1. The molecule has 1 aliphatic rings. The molecule has 0 aromatic rings. The van der Waals surface area contributed by atoms with Crippen molar-refractivity contribution < 1.29 is 19.8 Å². The molecule has 1 amide bonds. The molecular formula is C13H23NO4. The van der Waals surface area contributed by atoms with Crippen molar-refractivity contribution >= 4 is 11.9 Å². The van der Waals surface area contributed by atoms with Crippen LogP contribution in [0.2, 0.25) is 0 Å². The van der Waals surface area contributed by atoms with E-state index in [-0.39, 0.29) is 18.6 Å². The van der Waals surface area contributed by atoms with Gasteiger partial charge in [0.25, 0.3) is 0 Å². The summed E-state index contributed by atoms with van der Waals surface area (Å²) >= 11 is 0. The second kappa shape index (κ2) is 6.73. The summed E-state index contributed by atoms with van der Waals surface area (Å²) < 4.78 is 0. The first kappa shape index (κ1) is 15.0. The Morgan fingerprint density at radius 2 is 2.00 bits per heavy atom. The molecule has 0 aromatic carbocycles. The number of nitrogens with one attached hydrogen (secondary N) is 1. The minimum absolute atomic E-state index is 0.108. The average Bonchev–Trinajstić information content (AvgIpc) is 2.35. The molecule has 1 aliphatic carbocycles. The summed E-state index contributed by atoms with van der Waals surface area (Å²) in [7, 11) is 0. The second-order valence-corrected chi connectivity index (χ2v) is 5.27. The zero-order valence-electron chi connectivity index (χ0n) is 11.1. The van der Waals surface area contributed by atoms with E-state index in [0.717, 1.165) is 6.42 Å². The van der Waals surface area contributed by atoms with Crippen molar-refractivity contribution in [1.82, 2.24) is 5.32 Å². The molecule has 1 saturated carbocycles. The minimum Gasteiger partial charge on any atom is -0.481 e. The molecule has 104 valence electrons. The fourth-order valence-electron chi connectivity index (χ4n) is 2.55. The largest absolute Gasteiger partial charge is 0.481 e. The van der Waals surface area contributed by atoms with Gasteiger partial charge < -0.3 is 15.5 Å². The smallest absolute Gasteiger partial charge is 0.307 e. The molecule has 18 heavy (non-hydrogen) atoms. The molecular weight excluding hydrogens is 234 g/mol. The van der Waals surface area contributed by atoms with Crippen molar-refractivity contribution in [2.75, 3.05) is 6.61 Å². The molecule has 0 spiro atoms. The van der Waals surface area contributed by atoms with Crippen LogP contribution >= 0.6 is 0 Å². The SMILES string of the molecule is CC[C@H](CO)NC(=O)C1CCC(C)CC1C(=O)O. The lowest BCUT2D eigenvalue weighted by molar-refractivity contribution is -0.150. The molecule has 3 N–H and O–H groups in total. The molecule has 1 fully saturated rings. The van der Waals surface area contributed by atoms with Crippen LogP contribution in [0.15, 0.2) is 0 Å². The van der Waals surface area contributed by atoms with E-state index in [0.29, 0.717) is 25.2 Å². The zero-order valence-corrected chi connectivity index (χ0v) is 11.1. The molecule has 0 heterocycles. The third-order valence-corrected chi connectivity index (χ3v) is 3.83. The molecule has 0 bridgehead atoms. The quantitative estimate of drug-likeness (QED) is 0.686. The Balaban J connectivity index is 2.67. The Morgan fingerprint density at radius 1 is 1.33 bits per heavy atom. The average molecular weight is 257 g/mol. The van der Waals surface area contributed by atoms with Crippen molar-refractivity contribution in [3.63, 3.8) is 0 Å². The number of carbonyl (C=O) groups excluding carboxylic acids is 1. The van der Waals surface area contributed by atoms with E-state index in [4.69, 9.17) is 5.11 Å². The summed E-state index contributed by atoms with van der Waals surface area (Å²) in [5, 5.41) is 21.0. The second-order valence-electron chi connectivity index (χ2n) is 5.27. The monoisotopic (exact) mass is 257 g/mol. The third-order valence-electron chi connectivity index (χ3n) is 3.83. The predicted molar refractivity (Wildman–Crippen MR) is 66.9 cm³/mol. The topological polar surface area (TPSA) is 86.6 Å². The van der Waals surface area contributed by atoms with Crippen LogP contribution in [-0.2, 0) is 9.59 Å². The van der Waals surface area contributed by atoms with Gasteiger partial charge in [0, 0.05) is 0 Å². The lowest BCUT2D eigenvalue weighted by atomic mass is 9.74. The van der Waals surface area contributed by atoms with Crippen LogP contribution in [0, 0.1) is 17.8 Å². The van der Waals surface area contributed by atoms with Crippen molar-refractivity contribution in [1.29, 1.82) is 0 Å². The number of carboxylic acids is 1. The lowest BCUT2D eigenvalue weighted by Crippen LogP contribution is -2.45. The van der Waals surface area contributed by atoms with E-state index < -0.39 is 17.8 Å². The summed E-state index contributed by atoms with van der Waals surface area (Å²) in [6.07, 6.45) is 2.70. The molecule has 5 nitrogen and oxygen atoms in total. The van der Waals surface area contributed by atoms with Crippen molar-refractivity contribution in [2.24, 2.45) is 17.8 Å². The number of aliphatic carboxylic acids is 1. The number of carboxylic acid groups (broad SMARTS) is 1. The molecule has 0 aliphatic heterocycles. The van der Waals surface area contributed by atoms with E-state index in [1.54, 1.807) is 0 Å². The van der Waals surface area contributed by atoms with Crippen LogP contribution in [0.4, 0.5) is 0 Å². The van der Waals surface area contributed by atoms with E-state index in [1.807, 2.05) is 13.8 Å². The number of amides is 1. The van der Waals surface area contributed by atoms with Gasteiger partial charge in [-0.2, -0.15) is 0 Å². The van der Waals surface area contributed by atoms with Gasteiger partial charge in [0.15, 0.2) is 0 Å². The van der Waals surface area contributed by atoms with Crippen molar-refractivity contribution in [2.45, 2.75) is 45.6 Å².